The van der Waals surface area contributed by atoms with Crippen molar-refractivity contribution in [1.82, 2.24) is 9.66 Å². The molecule has 0 aliphatic carbocycles. The van der Waals surface area contributed by atoms with Crippen LogP contribution in [0, 0.1) is 0 Å². The maximum Gasteiger partial charge on any atom is 0.343 e. The lowest BCUT2D eigenvalue weighted by molar-refractivity contribution is -0.142. The molecule has 186 valence electrons. The zero-order chi connectivity index (χ0) is 25.9. The molecule has 0 saturated carbocycles. The van der Waals surface area contributed by atoms with Gasteiger partial charge in [0.1, 0.15) is 5.58 Å². The molecule has 0 spiro atoms. The van der Waals surface area contributed by atoms with Crippen LogP contribution in [0.15, 0.2) is 85.5 Å². The first-order chi connectivity index (χ1) is 18.0. The van der Waals surface area contributed by atoms with Gasteiger partial charge in [0.15, 0.2) is 23.9 Å². The minimum Gasteiger partial charge on any atom is -0.493 e. The summed E-state index contributed by atoms with van der Waals surface area (Å²) >= 11 is 3.46. The van der Waals surface area contributed by atoms with E-state index >= 15 is 0 Å². The quantitative estimate of drug-likeness (QED) is 0.203. The summed E-state index contributed by atoms with van der Waals surface area (Å²) in [7, 11) is 2.75. The molecule has 0 atom stereocenters. The summed E-state index contributed by atoms with van der Waals surface area (Å²) in [5, 5.41) is 5.71. The SMILES string of the molecule is COC(=O)COc1c(C=Nn2c(-c3cc4cc(Br)ccc4o3)nc3ccccc3c2=O)cccc1OC. The van der Waals surface area contributed by atoms with Gasteiger partial charge in [0.2, 0.25) is 5.82 Å². The largest absolute Gasteiger partial charge is 0.493 e. The van der Waals surface area contributed by atoms with Gasteiger partial charge in [-0.15, -0.1) is 0 Å². The highest BCUT2D eigenvalue weighted by Crippen LogP contribution is 2.31. The third-order valence-corrected chi connectivity index (χ3v) is 6.05. The molecular weight excluding hydrogens is 542 g/mol. The number of carbonyl (C=O) groups excluding carboxylic acids is 1. The van der Waals surface area contributed by atoms with Crippen LogP contribution in [-0.2, 0) is 9.53 Å². The van der Waals surface area contributed by atoms with Crippen molar-refractivity contribution in [1.29, 1.82) is 0 Å². The Balaban J connectivity index is 1.66. The average molecular weight is 562 g/mol. The van der Waals surface area contributed by atoms with Gasteiger partial charge in [-0.3, -0.25) is 4.79 Å². The molecular formula is C27H20BrN3O6. The Labute approximate surface area is 219 Å². The zero-order valence-corrected chi connectivity index (χ0v) is 21.4. The number of hydrogen-bond donors (Lipinski definition) is 0. The van der Waals surface area contributed by atoms with Gasteiger partial charge < -0.3 is 18.6 Å². The molecule has 0 unspecified atom stereocenters. The molecule has 0 aliphatic rings. The number of rotatable bonds is 7. The van der Waals surface area contributed by atoms with Gasteiger partial charge in [-0.25, -0.2) is 9.78 Å². The molecule has 0 radical (unpaired) electrons. The molecule has 0 fully saturated rings. The normalized spacial score (nSPS) is 11.3. The molecule has 3 aromatic carbocycles. The fourth-order valence-electron chi connectivity index (χ4n) is 3.77. The Morgan fingerprint density at radius 2 is 1.95 bits per heavy atom. The van der Waals surface area contributed by atoms with E-state index in [1.807, 2.05) is 24.3 Å². The van der Waals surface area contributed by atoms with Gasteiger partial charge in [-0.05, 0) is 48.5 Å². The van der Waals surface area contributed by atoms with Gasteiger partial charge >= 0.3 is 5.97 Å². The minimum absolute atomic E-state index is 0.229. The Hall–Kier alpha value is -4.44. The standard InChI is InChI=1S/C27H20BrN3O6/c1-34-22-9-5-6-16(25(22)36-15-24(32)35-2)14-29-31-26(30-20-8-4-3-7-19(20)27(31)33)23-13-17-12-18(28)10-11-21(17)37-23/h3-14H,15H2,1-2H3. The molecule has 2 aromatic heterocycles. The van der Waals surface area contributed by atoms with E-state index in [-0.39, 0.29) is 23.7 Å². The lowest BCUT2D eigenvalue weighted by atomic mass is 10.2. The number of carbonyl (C=O) groups is 1. The second-order valence-corrected chi connectivity index (χ2v) is 8.77. The summed E-state index contributed by atoms with van der Waals surface area (Å²) in [6.07, 6.45) is 1.44. The highest BCUT2D eigenvalue weighted by molar-refractivity contribution is 9.10. The van der Waals surface area contributed by atoms with Crippen LogP contribution < -0.4 is 15.0 Å². The number of ether oxygens (including phenoxy) is 3. The summed E-state index contributed by atoms with van der Waals surface area (Å²) in [4.78, 5) is 29.9. The number of fused-ring (bicyclic) bond motifs is 2. The number of aromatic nitrogens is 2. The summed E-state index contributed by atoms with van der Waals surface area (Å²) in [5.41, 5.74) is 1.25. The van der Waals surface area contributed by atoms with Gasteiger partial charge in [-0.2, -0.15) is 9.78 Å². The lowest BCUT2D eigenvalue weighted by Gasteiger charge is -2.12. The fourth-order valence-corrected chi connectivity index (χ4v) is 4.15. The molecule has 0 aliphatic heterocycles. The van der Waals surface area contributed by atoms with E-state index in [9.17, 15) is 9.59 Å². The summed E-state index contributed by atoms with van der Waals surface area (Å²) in [5.74, 6) is 0.715. The van der Waals surface area contributed by atoms with E-state index in [1.54, 1.807) is 42.5 Å². The van der Waals surface area contributed by atoms with E-state index in [4.69, 9.17) is 13.9 Å². The first-order valence-electron chi connectivity index (χ1n) is 11.1. The van der Waals surface area contributed by atoms with Crippen molar-refractivity contribution in [2.24, 2.45) is 5.10 Å². The van der Waals surface area contributed by atoms with Gasteiger partial charge in [0.05, 0.1) is 31.3 Å². The van der Waals surface area contributed by atoms with Crippen molar-refractivity contribution < 1.29 is 23.4 Å². The van der Waals surface area contributed by atoms with Crippen LogP contribution in [0.5, 0.6) is 11.5 Å². The van der Waals surface area contributed by atoms with Crippen LogP contribution >= 0.6 is 15.9 Å². The highest BCUT2D eigenvalue weighted by atomic mass is 79.9. The number of esters is 1. The molecule has 0 N–H and O–H groups in total. The van der Waals surface area contributed by atoms with Crippen molar-refractivity contribution in [3.8, 4) is 23.1 Å². The number of nitrogens with zero attached hydrogens (tertiary/aromatic N) is 3. The summed E-state index contributed by atoms with van der Waals surface area (Å²) in [6, 6.07) is 19.6. The van der Waals surface area contributed by atoms with E-state index in [0.717, 1.165) is 9.86 Å². The van der Waals surface area contributed by atoms with Crippen LogP contribution in [0.3, 0.4) is 0 Å². The maximum atomic E-state index is 13.5. The third kappa shape index (κ3) is 4.83. The molecule has 37 heavy (non-hydrogen) atoms. The number of furan rings is 1. The van der Waals surface area contributed by atoms with Gasteiger partial charge in [-0.1, -0.05) is 34.1 Å². The van der Waals surface area contributed by atoms with Crippen LogP contribution in [-0.4, -0.2) is 42.7 Å². The maximum absolute atomic E-state index is 13.5. The predicted octanol–water partition coefficient (Wildman–Crippen LogP) is 5.01. The van der Waals surface area contributed by atoms with Gasteiger partial charge in [0, 0.05) is 15.4 Å². The van der Waals surface area contributed by atoms with Crippen molar-refractivity contribution >= 4 is 50.0 Å². The molecule has 0 saturated heterocycles. The topological polar surface area (TPSA) is 105 Å². The number of methoxy groups -OCH3 is 2. The first-order valence-corrected chi connectivity index (χ1v) is 11.9. The Morgan fingerprint density at radius 1 is 1.11 bits per heavy atom. The second-order valence-electron chi connectivity index (χ2n) is 7.85. The van der Waals surface area contributed by atoms with Crippen molar-refractivity contribution in [3.63, 3.8) is 0 Å². The van der Waals surface area contributed by atoms with Gasteiger partial charge in [0.25, 0.3) is 5.56 Å². The number of benzene rings is 3. The first kappa shape index (κ1) is 24.3. The monoisotopic (exact) mass is 561 g/mol. The molecule has 2 heterocycles. The van der Waals surface area contributed by atoms with E-state index < -0.39 is 5.97 Å². The smallest absolute Gasteiger partial charge is 0.343 e. The molecule has 9 nitrogen and oxygen atoms in total. The number of halogens is 1. The van der Waals surface area contributed by atoms with E-state index in [0.29, 0.717) is 33.6 Å². The van der Waals surface area contributed by atoms with Crippen LogP contribution in [0.25, 0.3) is 33.5 Å². The Morgan fingerprint density at radius 3 is 2.76 bits per heavy atom. The summed E-state index contributed by atoms with van der Waals surface area (Å²) < 4.78 is 23.8. The molecule has 0 bridgehead atoms. The zero-order valence-electron chi connectivity index (χ0n) is 19.8. The Kier molecular flexibility index (Phi) is 6.74. The molecule has 5 aromatic rings. The minimum atomic E-state index is -0.553. The third-order valence-electron chi connectivity index (χ3n) is 5.56. The van der Waals surface area contributed by atoms with E-state index in [1.165, 1.54) is 25.1 Å². The van der Waals surface area contributed by atoms with Crippen LogP contribution in [0.2, 0.25) is 0 Å². The number of para-hydroxylation sites is 2. The number of hydrogen-bond acceptors (Lipinski definition) is 8. The molecule has 5 rings (SSSR count). The summed E-state index contributed by atoms with van der Waals surface area (Å²) in [6.45, 7) is -0.324. The fraction of sp³-hybridized carbons (Fsp3) is 0.111. The second kappa shape index (κ2) is 10.3. The lowest BCUT2D eigenvalue weighted by Crippen LogP contribution is -2.20. The van der Waals surface area contributed by atoms with Crippen molar-refractivity contribution in [3.05, 3.63) is 87.1 Å². The van der Waals surface area contributed by atoms with E-state index in [2.05, 4.69) is 30.8 Å². The predicted molar refractivity (Wildman–Crippen MR) is 142 cm³/mol. The average Bonchev–Trinajstić information content (AvgIpc) is 3.34. The molecule has 10 heteroatoms. The van der Waals surface area contributed by atoms with Crippen molar-refractivity contribution in [2.45, 2.75) is 0 Å². The van der Waals surface area contributed by atoms with Crippen LogP contribution in [0.1, 0.15) is 5.56 Å². The van der Waals surface area contributed by atoms with Crippen LogP contribution in [0.4, 0.5) is 0 Å². The molecule has 0 amide bonds. The Bertz CT molecular complexity index is 1720. The van der Waals surface area contributed by atoms with Crippen molar-refractivity contribution in [2.75, 3.05) is 20.8 Å². The highest BCUT2D eigenvalue weighted by Gasteiger charge is 2.17.